The van der Waals surface area contributed by atoms with Crippen molar-refractivity contribution in [2.24, 2.45) is 0 Å². The lowest BCUT2D eigenvalue weighted by atomic mass is 10.1. The molecule has 0 aromatic carbocycles. The molecule has 0 spiro atoms. The van der Waals surface area contributed by atoms with Crippen LogP contribution in [0, 0.1) is 0 Å². The van der Waals surface area contributed by atoms with Gasteiger partial charge in [-0.05, 0) is 27.7 Å². The van der Waals surface area contributed by atoms with Crippen LogP contribution in [0.4, 0.5) is 5.82 Å². The summed E-state index contributed by atoms with van der Waals surface area (Å²) in [7, 11) is 1.69. The molecular weight excluding hydrogens is 270 g/mol. The fourth-order valence-electron chi connectivity index (χ4n) is 2.57. The van der Waals surface area contributed by atoms with Gasteiger partial charge in [-0.1, -0.05) is 0 Å². The maximum Gasteiger partial charge on any atom is 0.257 e. The van der Waals surface area contributed by atoms with E-state index in [0.29, 0.717) is 19.0 Å². The first-order valence-corrected chi connectivity index (χ1v) is 7.30. The summed E-state index contributed by atoms with van der Waals surface area (Å²) in [5.41, 5.74) is -0.270. The van der Waals surface area contributed by atoms with Gasteiger partial charge < -0.3 is 19.1 Å². The Hall–Kier alpha value is -1.40. The highest BCUT2D eigenvalue weighted by Crippen LogP contribution is 2.30. The van der Waals surface area contributed by atoms with Crippen molar-refractivity contribution in [2.75, 3.05) is 31.7 Å². The summed E-state index contributed by atoms with van der Waals surface area (Å²) in [4.78, 5) is 10.9. The predicted molar refractivity (Wildman–Crippen MR) is 80.8 cm³/mol. The Bertz CT molecular complexity index is 465. The van der Waals surface area contributed by atoms with Crippen molar-refractivity contribution in [1.82, 2.24) is 9.97 Å². The van der Waals surface area contributed by atoms with Crippen molar-refractivity contribution in [3.8, 4) is 5.88 Å². The van der Waals surface area contributed by atoms with Crippen LogP contribution in [0.5, 0.6) is 5.88 Å². The van der Waals surface area contributed by atoms with Crippen LogP contribution in [0.2, 0.25) is 0 Å². The molecule has 0 radical (unpaired) electrons. The first-order chi connectivity index (χ1) is 9.91. The van der Waals surface area contributed by atoms with Crippen molar-refractivity contribution < 1.29 is 14.2 Å². The molecule has 0 N–H and O–H groups in total. The van der Waals surface area contributed by atoms with Crippen molar-refractivity contribution in [3.05, 3.63) is 12.4 Å². The zero-order chi connectivity index (χ0) is 15.5. The van der Waals surface area contributed by atoms with Gasteiger partial charge in [0.05, 0.1) is 24.4 Å². The molecule has 1 aliphatic heterocycles. The SMILES string of the molecule is COC[C@H]1CN(c2nccnc2OC(C)C)CC(C)(C)O1. The van der Waals surface area contributed by atoms with Gasteiger partial charge in [-0.2, -0.15) is 0 Å². The van der Waals surface area contributed by atoms with Crippen LogP contribution in [-0.2, 0) is 9.47 Å². The van der Waals surface area contributed by atoms with E-state index in [1.165, 1.54) is 0 Å². The molecule has 6 nitrogen and oxygen atoms in total. The maximum atomic E-state index is 6.03. The molecule has 21 heavy (non-hydrogen) atoms. The second-order valence-electron chi connectivity index (χ2n) is 6.19. The van der Waals surface area contributed by atoms with Gasteiger partial charge in [-0.25, -0.2) is 9.97 Å². The Morgan fingerprint density at radius 1 is 1.38 bits per heavy atom. The number of rotatable bonds is 5. The minimum Gasteiger partial charge on any atom is -0.472 e. The molecule has 118 valence electrons. The third-order valence-corrected chi connectivity index (χ3v) is 3.13. The van der Waals surface area contributed by atoms with Crippen LogP contribution in [-0.4, -0.2) is 54.6 Å². The molecule has 1 aliphatic rings. The van der Waals surface area contributed by atoms with Crippen LogP contribution >= 0.6 is 0 Å². The average molecular weight is 295 g/mol. The van der Waals surface area contributed by atoms with E-state index in [2.05, 4.69) is 28.7 Å². The predicted octanol–water partition coefficient (Wildman–Crippen LogP) is 1.89. The third kappa shape index (κ3) is 4.28. The lowest BCUT2D eigenvalue weighted by molar-refractivity contribution is -0.106. The topological polar surface area (TPSA) is 56.7 Å². The zero-order valence-corrected chi connectivity index (χ0v) is 13.5. The molecule has 0 amide bonds. The van der Waals surface area contributed by atoms with Gasteiger partial charge in [0.1, 0.15) is 0 Å². The molecule has 0 saturated carbocycles. The van der Waals surface area contributed by atoms with E-state index in [1.54, 1.807) is 19.5 Å². The largest absolute Gasteiger partial charge is 0.472 e. The molecule has 1 atom stereocenters. The molecular formula is C15H25N3O3. The second-order valence-corrected chi connectivity index (χ2v) is 6.19. The van der Waals surface area contributed by atoms with Gasteiger partial charge in [-0.15, -0.1) is 0 Å². The molecule has 0 unspecified atom stereocenters. The van der Waals surface area contributed by atoms with E-state index in [0.717, 1.165) is 12.4 Å². The summed E-state index contributed by atoms with van der Waals surface area (Å²) in [6.07, 6.45) is 3.41. The molecule has 2 rings (SSSR count). The highest BCUT2D eigenvalue weighted by molar-refractivity contribution is 5.48. The first-order valence-electron chi connectivity index (χ1n) is 7.30. The standard InChI is InChI=1S/C15H25N3O3/c1-11(2)20-14-13(16-6-7-17-14)18-8-12(9-19-5)21-15(3,4)10-18/h6-7,11-12H,8-10H2,1-5H3/t12-/m1/s1. The van der Waals surface area contributed by atoms with Crippen molar-refractivity contribution in [1.29, 1.82) is 0 Å². The van der Waals surface area contributed by atoms with Gasteiger partial charge in [0.2, 0.25) is 0 Å². The van der Waals surface area contributed by atoms with Gasteiger partial charge in [-0.3, -0.25) is 0 Å². The number of methoxy groups -OCH3 is 1. The van der Waals surface area contributed by atoms with E-state index in [4.69, 9.17) is 14.2 Å². The molecule has 1 fully saturated rings. The molecule has 1 aromatic rings. The van der Waals surface area contributed by atoms with Gasteiger partial charge >= 0.3 is 0 Å². The fraction of sp³-hybridized carbons (Fsp3) is 0.733. The Labute approximate surface area is 126 Å². The zero-order valence-electron chi connectivity index (χ0n) is 13.5. The van der Waals surface area contributed by atoms with Gasteiger partial charge in [0, 0.05) is 32.6 Å². The molecule has 0 bridgehead atoms. The number of anilines is 1. The van der Waals surface area contributed by atoms with E-state index in [-0.39, 0.29) is 17.8 Å². The van der Waals surface area contributed by atoms with Crippen molar-refractivity contribution >= 4 is 5.82 Å². The van der Waals surface area contributed by atoms with E-state index in [9.17, 15) is 0 Å². The Morgan fingerprint density at radius 2 is 2.10 bits per heavy atom. The number of hydrogen-bond donors (Lipinski definition) is 0. The molecule has 6 heteroatoms. The Balaban J connectivity index is 2.23. The van der Waals surface area contributed by atoms with Crippen molar-refractivity contribution in [2.45, 2.75) is 45.5 Å². The van der Waals surface area contributed by atoms with Crippen LogP contribution in [0.3, 0.4) is 0 Å². The quantitative estimate of drug-likeness (QED) is 0.827. The second kappa shape index (κ2) is 6.58. The first kappa shape index (κ1) is 16.0. The van der Waals surface area contributed by atoms with Crippen LogP contribution < -0.4 is 9.64 Å². The number of hydrogen-bond acceptors (Lipinski definition) is 6. The lowest BCUT2D eigenvalue weighted by Gasteiger charge is -2.43. The summed E-state index contributed by atoms with van der Waals surface area (Å²) in [6.45, 7) is 10.1. The molecule has 2 heterocycles. The van der Waals surface area contributed by atoms with Crippen LogP contribution in [0.15, 0.2) is 12.4 Å². The third-order valence-electron chi connectivity index (χ3n) is 3.13. The number of aromatic nitrogens is 2. The minimum atomic E-state index is -0.270. The van der Waals surface area contributed by atoms with Crippen LogP contribution in [0.1, 0.15) is 27.7 Å². The summed E-state index contributed by atoms with van der Waals surface area (Å²) in [5.74, 6) is 1.34. The normalized spacial score (nSPS) is 21.6. The Kier molecular flexibility index (Phi) is 5.00. The smallest absolute Gasteiger partial charge is 0.257 e. The number of morpholine rings is 1. The summed E-state index contributed by atoms with van der Waals surface area (Å²) in [6, 6.07) is 0. The van der Waals surface area contributed by atoms with Crippen molar-refractivity contribution in [3.63, 3.8) is 0 Å². The van der Waals surface area contributed by atoms with Gasteiger partial charge in [0.15, 0.2) is 5.82 Å². The maximum absolute atomic E-state index is 6.03. The average Bonchev–Trinajstić information content (AvgIpc) is 2.37. The van der Waals surface area contributed by atoms with Crippen LogP contribution in [0.25, 0.3) is 0 Å². The molecule has 1 aromatic heterocycles. The summed E-state index contributed by atoms with van der Waals surface area (Å²) in [5, 5.41) is 0. The highest BCUT2D eigenvalue weighted by Gasteiger charge is 2.35. The summed E-state index contributed by atoms with van der Waals surface area (Å²) >= 11 is 0. The highest BCUT2D eigenvalue weighted by atomic mass is 16.5. The number of nitrogens with zero attached hydrogens (tertiary/aromatic N) is 3. The fourth-order valence-corrected chi connectivity index (χ4v) is 2.57. The number of ether oxygens (including phenoxy) is 3. The van der Waals surface area contributed by atoms with E-state index in [1.807, 2.05) is 13.8 Å². The molecule has 1 saturated heterocycles. The van der Waals surface area contributed by atoms with E-state index >= 15 is 0 Å². The monoisotopic (exact) mass is 295 g/mol. The molecule has 0 aliphatic carbocycles. The van der Waals surface area contributed by atoms with E-state index < -0.39 is 0 Å². The minimum absolute atomic E-state index is 0.00709. The van der Waals surface area contributed by atoms with Gasteiger partial charge in [0.25, 0.3) is 5.88 Å². The lowest BCUT2D eigenvalue weighted by Crippen LogP contribution is -2.54. The summed E-state index contributed by atoms with van der Waals surface area (Å²) < 4.78 is 17.0. The Morgan fingerprint density at radius 3 is 2.76 bits per heavy atom.